The second kappa shape index (κ2) is 5.70. The fraction of sp³-hybridized carbons (Fsp3) is 0.462. The molecule has 0 saturated heterocycles. The molecule has 4 nitrogen and oxygen atoms in total. The predicted octanol–water partition coefficient (Wildman–Crippen LogP) is 2.54. The highest BCUT2D eigenvalue weighted by molar-refractivity contribution is 5.74. The third-order valence-corrected chi connectivity index (χ3v) is 3.07. The van der Waals surface area contributed by atoms with Crippen LogP contribution in [0.5, 0.6) is 5.75 Å². The van der Waals surface area contributed by atoms with Crippen LogP contribution in [0.1, 0.15) is 18.4 Å². The summed E-state index contributed by atoms with van der Waals surface area (Å²) in [6, 6.07) is 4.96. The van der Waals surface area contributed by atoms with Crippen molar-refractivity contribution in [2.24, 2.45) is 5.92 Å². The first-order valence-corrected chi connectivity index (χ1v) is 6.16. The highest BCUT2D eigenvalue weighted by Gasteiger charge is 2.36. The molecule has 0 heterocycles. The van der Waals surface area contributed by atoms with Crippen LogP contribution in [-0.2, 0) is 11.3 Å². The lowest BCUT2D eigenvalue weighted by Gasteiger charge is -2.16. The summed E-state index contributed by atoms with van der Waals surface area (Å²) in [5.41, 5.74) is 0.275. The van der Waals surface area contributed by atoms with Crippen LogP contribution in [0.3, 0.4) is 0 Å². The third kappa shape index (κ3) is 4.12. The van der Waals surface area contributed by atoms with Gasteiger partial charge in [-0.3, -0.25) is 10.1 Å². The first-order valence-electron chi connectivity index (χ1n) is 6.16. The van der Waals surface area contributed by atoms with E-state index in [4.69, 9.17) is 5.11 Å². The average Bonchev–Trinajstić information content (AvgIpc) is 3.13. The van der Waals surface area contributed by atoms with E-state index in [2.05, 4.69) is 10.1 Å². The second-order valence-electron chi connectivity index (χ2n) is 4.69. The van der Waals surface area contributed by atoms with E-state index in [0.717, 1.165) is 12.8 Å². The Labute approximate surface area is 113 Å². The Balaban J connectivity index is 2.03. The van der Waals surface area contributed by atoms with E-state index in [-0.39, 0.29) is 23.8 Å². The number of halogens is 3. The number of nitrogens with one attached hydrogen (secondary N) is 1. The molecule has 1 atom stereocenters. The zero-order valence-electron chi connectivity index (χ0n) is 10.5. The Hall–Kier alpha value is -1.76. The Morgan fingerprint density at radius 1 is 1.40 bits per heavy atom. The van der Waals surface area contributed by atoms with Gasteiger partial charge in [0.25, 0.3) is 0 Å². The molecule has 1 aromatic carbocycles. The van der Waals surface area contributed by atoms with E-state index in [9.17, 15) is 18.0 Å². The lowest BCUT2D eigenvalue weighted by molar-refractivity contribution is -0.274. The number of aliphatic carboxylic acids is 1. The van der Waals surface area contributed by atoms with Crippen molar-refractivity contribution in [2.45, 2.75) is 31.8 Å². The minimum absolute atomic E-state index is 0.0136. The summed E-state index contributed by atoms with van der Waals surface area (Å²) in [5.74, 6) is -1.24. The molecule has 0 spiro atoms. The summed E-state index contributed by atoms with van der Waals surface area (Å²) >= 11 is 0. The molecular weight excluding hydrogens is 275 g/mol. The Morgan fingerprint density at radius 2 is 2.05 bits per heavy atom. The van der Waals surface area contributed by atoms with Crippen LogP contribution in [0, 0.1) is 5.92 Å². The summed E-state index contributed by atoms with van der Waals surface area (Å²) in [4.78, 5) is 11.0. The molecule has 1 aliphatic carbocycles. The molecule has 1 unspecified atom stereocenters. The van der Waals surface area contributed by atoms with Gasteiger partial charge in [-0.25, -0.2) is 0 Å². The average molecular weight is 289 g/mol. The van der Waals surface area contributed by atoms with Crippen LogP contribution >= 0.6 is 0 Å². The van der Waals surface area contributed by atoms with Gasteiger partial charge in [-0.05, 0) is 24.8 Å². The van der Waals surface area contributed by atoms with Gasteiger partial charge in [-0.2, -0.15) is 0 Å². The number of carboxylic acids is 1. The van der Waals surface area contributed by atoms with Crippen LogP contribution in [0.4, 0.5) is 13.2 Å². The molecule has 0 amide bonds. The minimum Gasteiger partial charge on any atom is -0.480 e. The molecule has 20 heavy (non-hydrogen) atoms. The van der Waals surface area contributed by atoms with Crippen molar-refractivity contribution in [2.75, 3.05) is 0 Å². The predicted molar refractivity (Wildman–Crippen MR) is 64.1 cm³/mol. The maximum atomic E-state index is 12.2. The van der Waals surface area contributed by atoms with Gasteiger partial charge < -0.3 is 9.84 Å². The Kier molecular flexibility index (Phi) is 4.17. The van der Waals surface area contributed by atoms with E-state index in [0.29, 0.717) is 0 Å². The Bertz CT molecular complexity index is 486. The van der Waals surface area contributed by atoms with Gasteiger partial charge in [0.15, 0.2) is 0 Å². The lowest BCUT2D eigenvalue weighted by atomic mass is 10.1. The number of para-hydroxylation sites is 1. The highest BCUT2D eigenvalue weighted by atomic mass is 19.4. The summed E-state index contributed by atoms with van der Waals surface area (Å²) < 4.78 is 40.7. The van der Waals surface area contributed by atoms with E-state index in [1.165, 1.54) is 18.2 Å². The molecular formula is C13H14F3NO3. The second-order valence-corrected chi connectivity index (χ2v) is 4.69. The summed E-state index contributed by atoms with van der Waals surface area (Å²) in [5, 5.41) is 11.8. The van der Waals surface area contributed by atoms with Crippen LogP contribution in [0.25, 0.3) is 0 Å². The fourth-order valence-corrected chi connectivity index (χ4v) is 1.98. The normalized spacial score (nSPS) is 16.8. The van der Waals surface area contributed by atoms with E-state index in [1.807, 2.05) is 0 Å². The lowest BCUT2D eigenvalue weighted by Crippen LogP contribution is -2.38. The molecule has 2 N–H and O–H groups in total. The molecule has 110 valence electrons. The fourth-order valence-electron chi connectivity index (χ4n) is 1.98. The van der Waals surface area contributed by atoms with Gasteiger partial charge in [0, 0.05) is 12.1 Å². The smallest absolute Gasteiger partial charge is 0.480 e. The number of ether oxygens (including phenoxy) is 1. The molecule has 2 rings (SSSR count). The Morgan fingerprint density at radius 3 is 2.60 bits per heavy atom. The highest BCUT2D eigenvalue weighted by Crippen LogP contribution is 2.33. The van der Waals surface area contributed by atoms with Crippen molar-refractivity contribution in [3.63, 3.8) is 0 Å². The van der Waals surface area contributed by atoms with Gasteiger partial charge in [-0.1, -0.05) is 18.2 Å². The standard InChI is InChI=1S/C13H14F3NO3/c14-13(15,16)20-10-4-2-1-3-9(10)7-17-11(12(18)19)8-5-6-8/h1-4,8,11,17H,5-7H2,(H,18,19). The zero-order valence-corrected chi connectivity index (χ0v) is 10.5. The van der Waals surface area contributed by atoms with Crippen LogP contribution in [0.2, 0.25) is 0 Å². The topological polar surface area (TPSA) is 58.6 Å². The zero-order chi connectivity index (χ0) is 14.8. The SMILES string of the molecule is O=C(O)C(NCc1ccccc1OC(F)(F)F)C1CC1. The number of rotatable bonds is 6. The van der Waals surface area contributed by atoms with Crippen LogP contribution in [0.15, 0.2) is 24.3 Å². The van der Waals surface area contributed by atoms with Crippen molar-refractivity contribution in [3.05, 3.63) is 29.8 Å². The molecule has 1 aliphatic rings. The summed E-state index contributed by atoms with van der Waals surface area (Å²) in [6.07, 6.45) is -3.12. The molecule has 0 radical (unpaired) electrons. The van der Waals surface area contributed by atoms with Gasteiger partial charge in [-0.15, -0.1) is 13.2 Å². The first kappa shape index (κ1) is 14.6. The maximum absolute atomic E-state index is 12.2. The van der Waals surface area contributed by atoms with Crippen molar-refractivity contribution in [1.82, 2.24) is 5.32 Å². The monoisotopic (exact) mass is 289 g/mol. The molecule has 1 saturated carbocycles. The maximum Gasteiger partial charge on any atom is 0.573 e. The molecule has 0 bridgehead atoms. The number of carboxylic acid groups (broad SMARTS) is 1. The van der Waals surface area contributed by atoms with Crippen molar-refractivity contribution >= 4 is 5.97 Å². The van der Waals surface area contributed by atoms with Gasteiger partial charge in [0.1, 0.15) is 11.8 Å². The number of hydrogen-bond donors (Lipinski definition) is 2. The molecule has 7 heteroatoms. The number of hydrogen-bond acceptors (Lipinski definition) is 3. The van der Waals surface area contributed by atoms with Gasteiger partial charge in [0.05, 0.1) is 0 Å². The number of benzene rings is 1. The summed E-state index contributed by atoms with van der Waals surface area (Å²) in [6.45, 7) is 0.0136. The number of alkyl halides is 3. The largest absolute Gasteiger partial charge is 0.573 e. The van der Waals surface area contributed by atoms with Crippen LogP contribution < -0.4 is 10.1 Å². The molecule has 0 aromatic heterocycles. The van der Waals surface area contributed by atoms with E-state index in [1.54, 1.807) is 6.07 Å². The van der Waals surface area contributed by atoms with Crippen molar-refractivity contribution < 1.29 is 27.8 Å². The first-order chi connectivity index (χ1) is 9.37. The van der Waals surface area contributed by atoms with Crippen molar-refractivity contribution in [1.29, 1.82) is 0 Å². The van der Waals surface area contributed by atoms with E-state index < -0.39 is 18.4 Å². The molecule has 1 fully saturated rings. The van der Waals surface area contributed by atoms with Crippen LogP contribution in [-0.4, -0.2) is 23.5 Å². The van der Waals surface area contributed by atoms with Gasteiger partial charge in [0.2, 0.25) is 0 Å². The van der Waals surface area contributed by atoms with Crippen molar-refractivity contribution in [3.8, 4) is 5.75 Å². The minimum atomic E-state index is -4.77. The number of carbonyl (C=O) groups is 1. The van der Waals surface area contributed by atoms with Gasteiger partial charge >= 0.3 is 12.3 Å². The van der Waals surface area contributed by atoms with E-state index >= 15 is 0 Å². The molecule has 1 aromatic rings. The summed E-state index contributed by atoms with van der Waals surface area (Å²) in [7, 11) is 0. The molecule has 0 aliphatic heterocycles. The third-order valence-electron chi connectivity index (χ3n) is 3.07. The quantitative estimate of drug-likeness (QED) is 0.845.